The van der Waals surface area contributed by atoms with Gasteiger partial charge in [-0.3, -0.25) is 0 Å². The van der Waals surface area contributed by atoms with Crippen LogP contribution >= 0.6 is 0 Å². The maximum Gasteiger partial charge on any atom is 0.191 e. The summed E-state index contributed by atoms with van der Waals surface area (Å²) < 4.78 is 0. The third-order valence-corrected chi connectivity index (χ3v) is 4.36. The molecule has 1 aliphatic rings. The molecule has 0 atom stereocenters. The first-order valence-electron chi connectivity index (χ1n) is 9.12. The molecule has 1 aliphatic heterocycles. The molecule has 0 bridgehead atoms. The summed E-state index contributed by atoms with van der Waals surface area (Å²) in [7, 11) is 0. The van der Waals surface area contributed by atoms with E-state index in [1.54, 1.807) is 0 Å². The first-order valence-corrected chi connectivity index (χ1v) is 9.12. The Hall–Kier alpha value is -1.75. The van der Waals surface area contributed by atoms with Gasteiger partial charge < -0.3 is 20.6 Å². The molecule has 3 N–H and O–H groups in total. The van der Waals surface area contributed by atoms with Crippen molar-refractivity contribution in [2.75, 3.05) is 31.1 Å². The number of aliphatic imine (C=N–C) groups is 1. The highest BCUT2D eigenvalue weighted by Crippen LogP contribution is 2.23. The molecule has 24 heavy (non-hydrogen) atoms. The number of rotatable bonds is 6. The Labute approximate surface area is 146 Å². The van der Waals surface area contributed by atoms with Gasteiger partial charge in [0.15, 0.2) is 5.96 Å². The predicted molar refractivity (Wildman–Crippen MR) is 102 cm³/mol. The molecule has 0 saturated carbocycles. The van der Waals surface area contributed by atoms with Gasteiger partial charge in [-0.05, 0) is 57.2 Å². The Morgan fingerprint density at radius 3 is 2.46 bits per heavy atom. The fourth-order valence-corrected chi connectivity index (χ4v) is 2.95. The molecular formula is C19H32N4O. The van der Waals surface area contributed by atoms with Crippen LogP contribution in [0.3, 0.4) is 0 Å². The number of aliphatic hydroxyl groups is 1. The standard InChI is InChI=1S/C19H32N4O/c1-4-20-19(22-15(2)3)21-13-16-5-7-18(8-6-16)23-11-9-17(14-24)10-12-23/h5-8,15,17,24H,4,9-14H2,1-3H3,(H2,20,21,22). The van der Waals surface area contributed by atoms with Crippen molar-refractivity contribution in [3.8, 4) is 0 Å². The van der Waals surface area contributed by atoms with Gasteiger partial charge in [-0.2, -0.15) is 0 Å². The molecule has 5 nitrogen and oxygen atoms in total. The van der Waals surface area contributed by atoms with E-state index < -0.39 is 0 Å². The molecule has 0 unspecified atom stereocenters. The van der Waals surface area contributed by atoms with Crippen molar-refractivity contribution in [3.63, 3.8) is 0 Å². The van der Waals surface area contributed by atoms with Crippen LogP contribution in [0.1, 0.15) is 39.2 Å². The third kappa shape index (κ3) is 5.71. The molecule has 0 aliphatic carbocycles. The van der Waals surface area contributed by atoms with Crippen molar-refractivity contribution in [2.45, 2.75) is 46.2 Å². The highest BCUT2D eigenvalue weighted by molar-refractivity contribution is 5.80. The van der Waals surface area contributed by atoms with Crippen molar-refractivity contribution >= 4 is 11.6 Å². The van der Waals surface area contributed by atoms with Crippen molar-refractivity contribution < 1.29 is 5.11 Å². The molecule has 0 amide bonds. The Morgan fingerprint density at radius 2 is 1.92 bits per heavy atom. The van der Waals surface area contributed by atoms with E-state index in [9.17, 15) is 5.11 Å². The van der Waals surface area contributed by atoms with Crippen LogP contribution in [0.25, 0.3) is 0 Å². The zero-order valence-corrected chi connectivity index (χ0v) is 15.3. The number of aliphatic hydroxyl groups excluding tert-OH is 1. The Morgan fingerprint density at radius 1 is 1.25 bits per heavy atom. The molecule has 0 spiro atoms. The second-order valence-electron chi connectivity index (χ2n) is 6.77. The van der Waals surface area contributed by atoms with Crippen LogP contribution in [0, 0.1) is 5.92 Å². The van der Waals surface area contributed by atoms with Gasteiger partial charge in [-0.1, -0.05) is 12.1 Å². The predicted octanol–water partition coefficient (Wildman–Crippen LogP) is 2.36. The molecular weight excluding hydrogens is 300 g/mol. The quantitative estimate of drug-likeness (QED) is 0.553. The number of nitrogens with zero attached hydrogens (tertiary/aromatic N) is 2. The fraction of sp³-hybridized carbons (Fsp3) is 0.632. The maximum atomic E-state index is 9.24. The summed E-state index contributed by atoms with van der Waals surface area (Å²) in [6, 6.07) is 9.07. The van der Waals surface area contributed by atoms with E-state index in [1.165, 1.54) is 11.3 Å². The van der Waals surface area contributed by atoms with E-state index in [0.717, 1.165) is 38.4 Å². The van der Waals surface area contributed by atoms with Crippen LogP contribution in [-0.2, 0) is 6.54 Å². The van der Waals surface area contributed by atoms with Crippen molar-refractivity contribution in [1.82, 2.24) is 10.6 Å². The first-order chi connectivity index (χ1) is 11.6. The lowest BCUT2D eigenvalue weighted by Gasteiger charge is -2.32. The second-order valence-corrected chi connectivity index (χ2v) is 6.77. The summed E-state index contributed by atoms with van der Waals surface area (Å²) in [6.45, 7) is 10.2. The largest absolute Gasteiger partial charge is 0.396 e. The fourth-order valence-electron chi connectivity index (χ4n) is 2.95. The van der Waals surface area contributed by atoms with Crippen LogP contribution in [0.4, 0.5) is 5.69 Å². The van der Waals surface area contributed by atoms with Gasteiger partial charge in [0.1, 0.15) is 0 Å². The molecule has 1 fully saturated rings. The molecule has 2 rings (SSSR count). The number of hydrogen-bond acceptors (Lipinski definition) is 3. The summed E-state index contributed by atoms with van der Waals surface area (Å²) in [4.78, 5) is 7.05. The maximum absolute atomic E-state index is 9.24. The smallest absolute Gasteiger partial charge is 0.191 e. The lowest BCUT2D eigenvalue weighted by atomic mass is 9.97. The van der Waals surface area contributed by atoms with Gasteiger partial charge in [0, 0.05) is 38.0 Å². The Kier molecular flexibility index (Phi) is 7.37. The van der Waals surface area contributed by atoms with E-state index >= 15 is 0 Å². The van der Waals surface area contributed by atoms with Gasteiger partial charge in [0.2, 0.25) is 0 Å². The number of benzene rings is 1. The van der Waals surface area contributed by atoms with Gasteiger partial charge in [-0.15, -0.1) is 0 Å². The van der Waals surface area contributed by atoms with Crippen molar-refractivity contribution in [1.29, 1.82) is 0 Å². The minimum Gasteiger partial charge on any atom is -0.396 e. The Balaban J connectivity index is 1.91. The summed E-state index contributed by atoms with van der Waals surface area (Å²) >= 11 is 0. The zero-order chi connectivity index (χ0) is 17.4. The monoisotopic (exact) mass is 332 g/mol. The summed E-state index contributed by atoms with van der Waals surface area (Å²) in [5.74, 6) is 1.34. The van der Waals surface area contributed by atoms with Crippen molar-refractivity contribution in [3.05, 3.63) is 29.8 Å². The van der Waals surface area contributed by atoms with E-state index in [4.69, 9.17) is 0 Å². The number of guanidine groups is 1. The van der Waals surface area contributed by atoms with Crippen LogP contribution in [-0.4, -0.2) is 43.3 Å². The molecule has 0 radical (unpaired) electrons. The SMILES string of the molecule is CCNC(=NCc1ccc(N2CCC(CO)CC2)cc1)NC(C)C. The minimum absolute atomic E-state index is 0.323. The average molecular weight is 332 g/mol. The number of anilines is 1. The molecule has 0 aromatic heterocycles. The highest BCUT2D eigenvalue weighted by atomic mass is 16.3. The van der Waals surface area contributed by atoms with Gasteiger partial charge in [-0.25, -0.2) is 4.99 Å². The molecule has 1 saturated heterocycles. The molecule has 134 valence electrons. The molecule has 1 aromatic rings. The van der Waals surface area contributed by atoms with Crippen LogP contribution in [0.5, 0.6) is 0 Å². The lowest BCUT2D eigenvalue weighted by Crippen LogP contribution is -2.41. The van der Waals surface area contributed by atoms with Crippen LogP contribution in [0.2, 0.25) is 0 Å². The van der Waals surface area contributed by atoms with E-state index in [1.807, 2.05) is 0 Å². The van der Waals surface area contributed by atoms with Gasteiger partial charge in [0.05, 0.1) is 6.54 Å². The molecule has 1 aromatic carbocycles. The van der Waals surface area contributed by atoms with Gasteiger partial charge in [0.25, 0.3) is 0 Å². The third-order valence-electron chi connectivity index (χ3n) is 4.36. The summed E-state index contributed by atoms with van der Waals surface area (Å²) in [5, 5.41) is 15.8. The summed E-state index contributed by atoms with van der Waals surface area (Å²) in [6.07, 6.45) is 2.16. The number of nitrogens with one attached hydrogen (secondary N) is 2. The van der Waals surface area contributed by atoms with E-state index in [0.29, 0.717) is 25.1 Å². The second kappa shape index (κ2) is 9.52. The minimum atomic E-state index is 0.323. The topological polar surface area (TPSA) is 59.9 Å². The normalized spacial score (nSPS) is 16.5. The van der Waals surface area contributed by atoms with Gasteiger partial charge >= 0.3 is 0 Å². The van der Waals surface area contributed by atoms with Crippen LogP contribution < -0.4 is 15.5 Å². The number of hydrogen-bond donors (Lipinski definition) is 3. The summed E-state index contributed by atoms with van der Waals surface area (Å²) in [5.41, 5.74) is 2.48. The highest BCUT2D eigenvalue weighted by Gasteiger charge is 2.18. The van der Waals surface area contributed by atoms with E-state index in [-0.39, 0.29) is 0 Å². The Bertz CT molecular complexity index is 505. The number of piperidine rings is 1. The average Bonchev–Trinajstić information content (AvgIpc) is 2.60. The molecule has 1 heterocycles. The molecule has 5 heteroatoms. The zero-order valence-electron chi connectivity index (χ0n) is 15.3. The van der Waals surface area contributed by atoms with Crippen molar-refractivity contribution in [2.24, 2.45) is 10.9 Å². The van der Waals surface area contributed by atoms with E-state index in [2.05, 4.69) is 65.6 Å². The lowest BCUT2D eigenvalue weighted by molar-refractivity contribution is 0.203. The van der Waals surface area contributed by atoms with Crippen LogP contribution in [0.15, 0.2) is 29.3 Å². The first kappa shape index (κ1) is 18.6.